The summed E-state index contributed by atoms with van der Waals surface area (Å²) >= 11 is 0. The third-order valence-corrected chi connectivity index (χ3v) is 4.89. The number of hydrogen-bond acceptors (Lipinski definition) is 4. The van der Waals surface area contributed by atoms with E-state index in [1.54, 1.807) is 0 Å². The van der Waals surface area contributed by atoms with Gasteiger partial charge in [0.25, 0.3) is 0 Å². The molecule has 0 amide bonds. The summed E-state index contributed by atoms with van der Waals surface area (Å²) < 4.78 is 22.4. The Morgan fingerprint density at radius 3 is 1.34 bits per heavy atom. The minimum absolute atomic E-state index is 0.541. The van der Waals surface area contributed by atoms with E-state index < -0.39 is 0 Å². The highest BCUT2D eigenvalue weighted by Gasteiger charge is 2.11. The van der Waals surface area contributed by atoms with Crippen LogP contribution in [0.1, 0.15) is 27.8 Å². The molecule has 2 aliphatic heterocycles. The van der Waals surface area contributed by atoms with Crippen molar-refractivity contribution >= 4 is 0 Å². The van der Waals surface area contributed by atoms with Crippen molar-refractivity contribution in [2.24, 2.45) is 0 Å². The highest BCUT2D eigenvalue weighted by atomic mass is 16.6. The fourth-order valence-electron chi connectivity index (χ4n) is 3.39. The second-order valence-electron chi connectivity index (χ2n) is 7.16. The molecule has 2 aliphatic rings. The van der Waals surface area contributed by atoms with E-state index in [-0.39, 0.29) is 0 Å². The van der Waals surface area contributed by atoms with Crippen LogP contribution in [0.25, 0.3) is 0 Å². The Morgan fingerprint density at radius 2 is 0.875 bits per heavy atom. The SMILES string of the molecule is C#Cc1cc(C#Cc2ccc3c(c2)OCCO3)cc(C#Cc2ccc3c(c2)OCCO3)c1. The minimum Gasteiger partial charge on any atom is -0.486 e. The van der Waals surface area contributed by atoms with E-state index in [1.807, 2.05) is 54.6 Å². The summed E-state index contributed by atoms with van der Waals surface area (Å²) in [4.78, 5) is 0. The second kappa shape index (κ2) is 8.73. The molecule has 0 bridgehead atoms. The first-order valence-corrected chi connectivity index (χ1v) is 10.2. The number of terminal acetylenes is 1. The highest BCUT2D eigenvalue weighted by molar-refractivity contribution is 5.56. The van der Waals surface area contributed by atoms with Crippen LogP contribution < -0.4 is 18.9 Å². The fraction of sp³-hybridized carbons (Fsp3) is 0.143. The van der Waals surface area contributed by atoms with Gasteiger partial charge in [0.2, 0.25) is 0 Å². The standard InChI is InChI=1S/C28H18O4/c1-2-20-15-23(5-3-21-7-9-25-27(18-21)31-13-11-29-25)17-24(16-20)6-4-22-8-10-26-28(19-22)32-14-12-30-26/h1,7-10,15-19H,11-14H2. The van der Waals surface area contributed by atoms with E-state index in [9.17, 15) is 0 Å². The first-order valence-electron chi connectivity index (χ1n) is 10.2. The van der Waals surface area contributed by atoms with Crippen molar-refractivity contribution in [1.29, 1.82) is 0 Å². The molecule has 4 heteroatoms. The maximum absolute atomic E-state index is 5.65. The van der Waals surface area contributed by atoms with Crippen molar-refractivity contribution in [2.45, 2.75) is 0 Å². The molecule has 0 saturated heterocycles. The molecular formula is C28H18O4. The Hall–Kier alpha value is -4.46. The number of hydrogen-bond donors (Lipinski definition) is 0. The van der Waals surface area contributed by atoms with Crippen molar-refractivity contribution in [3.63, 3.8) is 0 Å². The quantitative estimate of drug-likeness (QED) is 0.517. The van der Waals surface area contributed by atoms with Gasteiger partial charge in [-0.3, -0.25) is 0 Å². The number of rotatable bonds is 0. The molecule has 2 heterocycles. The van der Waals surface area contributed by atoms with Crippen LogP contribution in [-0.2, 0) is 0 Å². The Balaban J connectivity index is 1.42. The topological polar surface area (TPSA) is 36.9 Å². The molecule has 3 aromatic rings. The molecule has 32 heavy (non-hydrogen) atoms. The van der Waals surface area contributed by atoms with Gasteiger partial charge in [-0.25, -0.2) is 0 Å². The van der Waals surface area contributed by atoms with Gasteiger partial charge in [0.1, 0.15) is 26.4 Å². The van der Waals surface area contributed by atoms with Gasteiger partial charge >= 0.3 is 0 Å². The van der Waals surface area contributed by atoms with Crippen molar-refractivity contribution in [3.05, 3.63) is 82.4 Å². The van der Waals surface area contributed by atoms with E-state index in [1.165, 1.54) is 0 Å². The molecule has 154 valence electrons. The van der Waals surface area contributed by atoms with E-state index in [0.29, 0.717) is 37.9 Å². The van der Waals surface area contributed by atoms with Gasteiger partial charge in [-0.2, -0.15) is 0 Å². The molecule has 0 spiro atoms. The van der Waals surface area contributed by atoms with Crippen LogP contribution in [0.5, 0.6) is 23.0 Å². The smallest absolute Gasteiger partial charge is 0.162 e. The van der Waals surface area contributed by atoms with Gasteiger partial charge in [0, 0.05) is 27.8 Å². The zero-order chi connectivity index (χ0) is 21.8. The van der Waals surface area contributed by atoms with E-state index in [0.717, 1.165) is 39.3 Å². The van der Waals surface area contributed by atoms with Crippen LogP contribution in [0.4, 0.5) is 0 Å². The normalized spacial score (nSPS) is 13.0. The summed E-state index contributed by atoms with van der Waals surface area (Å²) in [5, 5.41) is 0. The van der Waals surface area contributed by atoms with Crippen molar-refractivity contribution < 1.29 is 18.9 Å². The highest BCUT2D eigenvalue weighted by Crippen LogP contribution is 2.31. The van der Waals surface area contributed by atoms with E-state index in [4.69, 9.17) is 25.4 Å². The third-order valence-electron chi connectivity index (χ3n) is 4.89. The molecular weight excluding hydrogens is 400 g/mol. The van der Waals surface area contributed by atoms with Gasteiger partial charge in [-0.15, -0.1) is 6.42 Å². The molecule has 3 aromatic carbocycles. The Kier molecular flexibility index (Phi) is 5.32. The van der Waals surface area contributed by atoms with Gasteiger partial charge in [-0.05, 0) is 54.6 Å². The maximum Gasteiger partial charge on any atom is 0.162 e. The van der Waals surface area contributed by atoms with Crippen LogP contribution in [-0.4, -0.2) is 26.4 Å². The van der Waals surface area contributed by atoms with Crippen LogP contribution in [0.15, 0.2) is 54.6 Å². The maximum atomic E-state index is 5.65. The molecule has 0 fully saturated rings. The largest absolute Gasteiger partial charge is 0.486 e. The average Bonchev–Trinajstić information content (AvgIpc) is 2.86. The monoisotopic (exact) mass is 418 g/mol. The first-order chi connectivity index (χ1) is 15.8. The van der Waals surface area contributed by atoms with Gasteiger partial charge in [0.05, 0.1) is 0 Å². The average molecular weight is 418 g/mol. The zero-order valence-corrected chi connectivity index (χ0v) is 17.2. The summed E-state index contributed by atoms with van der Waals surface area (Å²) in [6.45, 7) is 2.21. The predicted molar refractivity (Wildman–Crippen MR) is 121 cm³/mol. The summed E-state index contributed by atoms with van der Waals surface area (Å²) in [5.41, 5.74) is 3.99. The number of ether oxygens (including phenoxy) is 4. The lowest BCUT2D eigenvalue weighted by atomic mass is 10.1. The second-order valence-corrected chi connectivity index (χ2v) is 7.16. The molecule has 0 saturated carbocycles. The third kappa shape index (κ3) is 4.34. The molecule has 4 nitrogen and oxygen atoms in total. The number of fused-ring (bicyclic) bond motifs is 2. The van der Waals surface area contributed by atoms with Gasteiger partial charge in [-0.1, -0.05) is 29.6 Å². The van der Waals surface area contributed by atoms with Crippen molar-refractivity contribution in [3.8, 4) is 59.0 Å². The Bertz CT molecular complexity index is 1260. The van der Waals surface area contributed by atoms with Crippen LogP contribution in [0.3, 0.4) is 0 Å². The lowest BCUT2D eigenvalue weighted by Gasteiger charge is -2.17. The molecule has 0 atom stereocenters. The van der Waals surface area contributed by atoms with E-state index >= 15 is 0 Å². The van der Waals surface area contributed by atoms with Crippen LogP contribution >= 0.6 is 0 Å². The summed E-state index contributed by atoms with van der Waals surface area (Å²) in [7, 11) is 0. The molecule has 0 N–H and O–H groups in total. The Morgan fingerprint density at radius 1 is 0.469 bits per heavy atom. The fourth-order valence-corrected chi connectivity index (χ4v) is 3.39. The number of benzene rings is 3. The van der Waals surface area contributed by atoms with Crippen molar-refractivity contribution in [2.75, 3.05) is 26.4 Å². The zero-order valence-electron chi connectivity index (χ0n) is 17.2. The lowest BCUT2D eigenvalue weighted by molar-refractivity contribution is 0.171. The van der Waals surface area contributed by atoms with E-state index in [2.05, 4.69) is 29.6 Å². The molecule has 0 unspecified atom stereocenters. The minimum atomic E-state index is 0.541. The lowest BCUT2D eigenvalue weighted by Crippen LogP contribution is -2.15. The van der Waals surface area contributed by atoms with Crippen LogP contribution in [0, 0.1) is 36.0 Å². The molecule has 0 radical (unpaired) electrons. The first kappa shape index (κ1) is 19.5. The van der Waals surface area contributed by atoms with Gasteiger partial charge < -0.3 is 18.9 Å². The Labute approximate surface area is 187 Å². The van der Waals surface area contributed by atoms with Crippen molar-refractivity contribution in [1.82, 2.24) is 0 Å². The molecule has 5 rings (SSSR count). The molecule has 0 aromatic heterocycles. The predicted octanol–water partition coefficient (Wildman–Crippen LogP) is 4.01. The summed E-state index contributed by atoms with van der Waals surface area (Å²) in [6, 6.07) is 17.0. The summed E-state index contributed by atoms with van der Waals surface area (Å²) in [6.07, 6.45) is 5.65. The molecule has 0 aliphatic carbocycles. The van der Waals surface area contributed by atoms with Gasteiger partial charge in [0.15, 0.2) is 23.0 Å². The van der Waals surface area contributed by atoms with Crippen LogP contribution in [0.2, 0.25) is 0 Å². The summed E-state index contributed by atoms with van der Waals surface area (Å²) in [5.74, 6) is 18.3.